The zero-order valence-corrected chi connectivity index (χ0v) is 7.17. The Labute approximate surface area is 73.4 Å². The van der Waals surface area contributed by atoms with Gasteiger partial charge in [0.15, 0.2) is 0 Å². The molecule has 0 aliphatic rings. The lowest BCUT2D eigenvalue weighted by Gasteiger charge is -1.84. The number of rotatable bonds is 0. The van der Waals surface area contributed by atoms with Gasteiger partial charge in [-0.05, 0) is 13.0 Å². The number of benzene rings is 1. The summed E-state index contributed by atoms with van der Waals surface area (Å²) in [4.78, 5) is 0. The minimum Gasteiger partial charge on any atom is -0.282 e. The fraction of sp³-hybridized carbons (Fsp3) is 0.100. The normalized spacial score (nSPS) is 9.08. The van der Waals surface area contributed by atoms with E-state index in [1.807, 2.05) is 25.1 Å². The Hall–Kier alpha value is -1.57. The van der Waals surface area contributed by atoms with Gasteiger partial charge in [-0.15, -0.1) is 13.2 Å². The highest BCUT2D eigenvalue weighted by molar-refractivity contribution is 5.80. The zero-order valence-electron chi connectivity index (χ0n) is 7.17. The highest BCUT2D eigenvalue weighted by Gasteiger charge is 1.96. The molecule has 0 aliphatic heterocycles. The summed E-state index contributed by atoms with van der Waals surface area (Å²) < 4.78 is 0. The van der Waals surface area contributed by atoms with Crippen molar-refractivity contribution >= 4 is 10.9 Å². The van der Waals surface area contributed by atoms with Crippen molar-refractivity contribution in [2.24, 2.45) is 0 Å². The molecule has 0 spiro atoms. The lowest BCUT2D eigenvalue weighted by atomic mass is 10.2. The summed E-state index contributed by atoms with van der Waals surface area (Å²) in [6.07, 6.45) is 0. The van der Waals surface area contributed by atoms with Crippen LogP contribution in [0.4, 0.5) is 0 Å². The number of nitrogens with one attached hydrogen (secondary N) is 1. The van der Waals surface area contributed by atoms with Crippen molar-refractivity contribution in [3.05, 3.63) is 43.1 Å². The third kappa shape index (κ3) is 1.37. The predicted octanol–water partition coefficient (Wildman–Crippen LogP) is 2.92. The first-order valence-electron chi connectivity index (χ1n) is 3.77. The van der Waals surface area contributed by atoms with Gasteiger partial charge in [0.05, 0.1) is 5.52 Å². The van der Waals surface area contributed by atoms with E-state index in [2.05, 4.69) is 29.4 Å². The maximum Gasteiger partial charge on any atom is 0.0923 e. The van der Waals surface area contributed by atoms with Gasteiger partial charge in [0.25, 0.3) is 0 Å². The topological polar surface area (TPSA) is 28.7 Å². The Balaban J connectivity index is 0.000000451. The summed E-state index contributed by atoms with van der Waals surface area (Å²) >= 11 is 0. The number of H-pyrrole nitrogens is 1. The van der Waals surface area contributed by atoms with Crippen LogP contribution in [-0.2, 0) is 0 Å². The molecule has 0 fully saturated rings. The van der Waals surface area contributed by atoms with Crippen molar-refractivity contribution in [2.45, 2.75) is 6.92 Å². The molecule has 1 aromatic carbocycles. The second-order valence-corrected chi connectivity index (χ2v) is 2.37. The minimum atomic E-state index is 0. The quantitative estimate of drug-likeness (QED) is 0.593. The number of para-hydroxylation sites is 1. The van der Waals surface area contributed by atoms with Crippen molar-refractivity contribution in [3.8, 4) is 0 Å². The van der Waals surface area contributed by atoms with Crippen LogP contribution < -0.4 is 0 Å². The summed E-state index contributed by atoms with van der Waals surface area (Å²) in [5.74, 6) is 0. The molecular weight excluding hydrogens is 148 g/mol. The van der Waals surface area contributed by atoms with Gasteiger partial charge in [0.2, 0.25) is 0 Å². The molecule has 12 heavy (non-hydrogen) atoms. The SMILES string of the molecule is C=C.Cc1[nH]nc2ccccc12.[HH]. The molecule has 0 unspecified atom stereocenters. The Bertz CT molecular complexity index is 368. The number of aromatic nitrogens is 2. The van der Waals surface area contributed by atoms with Crippen LogP contribution in [0.5, 0.6) is 0 Å². The second kappa shape index (κ2) is 3.72. The number of hydrogen-bond acceptors (Lipinski definition) is 1. The summed E-state index contributed by atoms with van der Waals surface area (Å²) in [6, 6.07) is 8.07. The average Bonchev–Trinajstić information content (AvgIpc) is 2.53. The van der Waals surface area contributed by atoms with Crippen LogP contribution in [0.3, 0.4) is 0 Å². The standard InChI is InChI=1S/C8H8N2.C2H4.H2/c1-6-7-4-2-3-5-8(7)10-9-6;1-2;/h2-5H,1H3,(H,9,10);1-2H2;1H. The number of hydrogen-bond donors (Lipinski definition) is 1. The first kappa shape index (κ1) is 8.53. The van der Waals surface area contributed by atoms with Gasteiger partial charge < -0.3 is 0 Å². The Morgan fingerprint density at radius 3 is 2.67 bits per heavy atom. The monoisotopic (exact) mass is 162 g/mol. The van der Waals surface area contributed by atoms with E-state index in [1.165, 1.54) is 5.39 Å². The van der Waals surface area contributed by atoms with Gasteiger partial charge in [-0.1, -0.05) is 18.2 Å². The van der Waals surface area contributed by atoms with Crippen LogP contribution >= 0.6 is 0 Å². The van der Waals surface area contributed by atoms with Gasteiger partial charge in [-0.2, -0.15) is 5.10 Å². The minimum absolute atomic E-state index is 0. The molecule has 1 heterocycles. The average molecular weight is 162 g/mol. The third-order valence-electron chi connectivity index (χ3n) is 1.65. The molecule has 1 aromatic heterocycles. The maximum atomic E-state index is 4.09. The van der Waals surface area contributed by atoms with E-state index in [-0.39, 0.29) is 1.43 Å². The number of fused-ring (bicyclic) bond motifs is 1. The molecule has 0 bridgehead atoms. The van der Waals surface area contributed by atoms with Crippen molar-refractivity contribution in [2.75, 3.05) is 0 Å². The summed E-state index contributed by atoms with van der Waals surface area (Å²) in [5, 5.41) is 8.23. The number of nitrogens with zero attached hydrogens (tertiary/aromatic N) is 1. The van der Waals surface area contributed by atoms with Crippen molar-refractivity contribution in [3.63, 3.8) is 0 Å². The predicted molar refractivity (Wildman–Crippen MR) is 54.2 cm³/mol. The molecule has 0 saturated heterocycles. The molecule has 0 amide bonds. The molecule has 2 aromatic rings. The van der Waals surface area contributed by atoms with Crippen LogP contribution in [-0.4, -0.2) is 10.2 Å². The molecule has 1 N–H and O–H groups in total. The fourth-order valence-corrected chi connectivity index (χ4v) is 1.09. The molecule has 0 saturated carbocycles. The summed E-state index contributed by atoms with van der Waals surface area (Å²) in [5.41, 5.74) is 2.18. The van der Waals surface area contributed by atoms with Crippen LogP contribution in [0, 0.1) is 6.92 Å². The first-order chi connectivity index (χ1) is 5.88. The molecule has 0 radical (unpaired) electrons. The van der Waals surface area contributed by atoms with E-state index in [4.69, 9.17) is 0 Å². The van der Waals surface area contributed by atoms with E-state index in [1.54, 1.807) is 0 Å². The van der Waals surface area contributed by atoms with E-state index in [9.17, 15) is 0 Å². The van der Waals surface area contributed by atoms with Gasteiger partial charge in [-0.3, -0.25) is 5.10 Å². The van der Waals surface area contributed by atoms with Crippen molar-refractivity contribution in [1.82, 2.24) is 10.2 Å². The van der Waals surface area contributed by atoms with E-state index >= 15 is 0 Å². The van der Waals surface area contributed by atoms with Crippen LogP contribution in [0.15, 0.2) is 37.4 Å². The number of aryl methyl sites for hydroxylation is 1. The lowest BCUT2D eigenvalue weighted by Crippen LogP contribution is -1.67. The van der Waals surface area contributed by atoms with E-state index in [0.29, 0.717) is 0 Å². The molecular formula is C10H14N2. The lowest BCUT2D eigenvalue weighted by molar-refractivity contribution is 1.07. The van der Waals surface area contributed by atoms with E-state index < -0.39 is 0 Å². The Morgan fingerprint density at radius 2 is 2.00 bits per heavy atom. The molecule has 0 atom stereocenters. The fourth-order valence-electron chi connectivity index (χ4n) is 1.09. The highest BCUT2D eigenvalue weighted by atomic mass is 15.1. The molecule has 0 aliphatic carbocycles. The molecule has 64 valence electrons. The first-order valence-corrected chi connectivity index (χ1v) is 3.77. The highest BCUT2D eigenvalue weighted by Crippen LogP contribution is 2.12. The van der Waals surface area contributed by atoms with Crippen molar-refractivity contribution in [1.29, 1.82) is 0 Å². The summed E-state index contributed by atoms with van der Waals surface area (Å²) in [7, 11) is 0. The van der Waals surface area contributed by atoms with Crippen LogP contribution in [0.25, 0.3) is 10.9 Å². The molecule has 2 rings (SSSR count). The Morgan fingerprint density at radius 1 is 1.33 bits per heavy atom. The second-order valence-electron chi connectivity index (χ2n) is 2.37. The van der Waals surface area contributed by atoms with Gasteiger partial charge in [-0.25, -0.2) is 0 Å². The van der Waals surface area contributed by atoms with Crippen LogP contribution in [0.1, 0.15) is 7.12 Å². The maximum absolute atomic E-state index is 4.09. The van der Waals surface area contributed by atoms with Gasteiger partial charge >= 0.3 is 0 Å². The van der Waals surface area contributed by atoms with Crippen LogP contribution in [0.2, 0.25) is 0 Å². The smallest absolute Gasteiger partial charge is 0.0923 e. The Kier molecular flexibility index (Phi) is 2.64. The van der Waals surface area contributed by atoms with Crippen molar-refractivity contribution < 1.29 is 1.43 Å². The summed E-state index contributed by atoms with van der Waals surface area (Å²) in [6.45, 7) is 8.02. The van der Waals surface area contributed by atoms with E-state index in [0.717, 1.165) is 11.2 Å². The number of aromatic amines is 1. The molecule has 2 heteroatoms. The third-order valence-corrected chi connectivity index (χ3v) is 1.65. The van der Waals surface area contributed by atoms with Gasteiger partial charge in [0.1, 0.15) is 0 Å². The molecule has 2 nitrogen and oxygen atoms in total. The largest absolute Gasteiger partial charge is 0.282 e. The van der Waals surface area contributed by atoms with Gasteiger partial charge in [0, 0.05) is 12.5 Å². The zero-order chi connectivity index (χ0) is 8.97.